The monoisotopic (exact) mass is 363 g/mol. The standard InChI is InChI=1S/C16H17N3O5S/c1-18(12-7-8-25(23,24)10-12)15(20)14-9-13(16(21)22)17-19(14)11-5-3-2-4-6-11/h2-6,9,12H,7-8,10H2,1H3,(H,21,22). The Bertz CT molecular complexity index is 921. The Labute approximate surface area is 144 Å². The molecular formula is C16H17N3O5S. The number of benzene rings is 1. The Morgan fingerprint density at radius 1 is 1.28 bits per heavy atom. The van der Waals surface area contributed by atoms with Crippen LogP contribution in [0.3, 0.4) is 0 Å². The van der Waals surface area contributed by atoms with Gasteiger partial charge in [0, 0.05) is 19.2 Å². The summed E-state index contributed by atoms with van der Waals surface area (Å²) >= 11 is 0. The van der Waals surface area contributed by atoms with E-state index in [1.807, 2.05) is 0 Å². The smallest absolute Gasteiger partial charge is 0.356 e. The normalized spacial score (nSPS) is 18.8. The summed E-state index contributed by atoms with van der Waals surface area (Å²) < 4.78 is 24.6. The van der Waals surface area contributed by atoms with Gasteiger partial charge in [-0.1, -0.05) is 18.2 Å². The first-order valence-electron chi connectivity index (χ1n) is 7.65. The minimum Gasteiger partial charge on any atom is -0.476 e. The lowest BCUT2D eigenvalue weighted by Crippen LogP contribution is -2.38. The van der Waals surface area contributed by atoms with Crippen LogP contribution in [0.25, 0.3) is 5.69 Å². The highest BCUT2D eigenvalue weighted by molar-refractivity contribution is 7.91. The molecule has 3 rings (SSSR count). The van der Waals surface area contributed by atoms with Crippen molar-refractivity contribution in [3.8, 4) is 5.69 Å². The number of carbonyl (C=O) groups excluding carboxylic acids is 1. The molecule has 0 radical (unpaired) electrons. The molecule has 1 amide bonds. The molecule has 9 heteroatoms. The van der Waals surface area contributed by atoms with Gasteiger partial charge in [-0.3, -0.25) is 4.79 Å². The number of sulfone groups is 1. The third kappa shape index (κ3) is 3.41. The second-order valence-corrected chi connectivity index (χ2v) is 8.17. The highest BCUT2D eigenvalue weighted by Crippen LogP contribution is 2.20. The number of carboxylic acids is 1. The van der Waals surface area contributed by atoms with Crippen molar-refractivity contribution in [3.63, 3.8) is 0 Å². The Balaban J connectivity index is 1.98. The molecule has 1 aromatic heterocycles. The third-order valence-electron chi connectivity index (χ3n) is 4.22. The molecule has 1 unspecified atom stereocenters. The molecule has 2 heterocycles. The number of aromatic nitrogens is 2. The van der Waals surface area contributed by atoms with Crippen molar-refractivity contribution in [3.05, 3.63) is 47.8 Å². The fourth-order valence-electron chi connectivity index (χ4n) is 2.83. The molecule has 0 spiro atoms. The quantitative estimate of drug-likeness (QED) is 0.862. The van der Waals surface area contributed by atoms with Crippen LogP contribution in [0.2, 0.25) is 0 Å². The van der Waals surface area contributed by atoms with Crippen LogP contribution >= 0.6 is 0 Å². The predicted octanol–water partition coefficient (Wildman–Crippen LogP) is 0.830. The molecule has 8 nitrogen and oxygen atoms in total. The molecule has 1 aliphatic heterocycles. The number of hydrogen-bond acceptors (Lipinski definition) is 5. The van der Waals surface area contributed by atoms with Gasteiger partial charge >= 0.3 is 5.97 Å². The molecule has 1 atom stereocenters. The van der Waals surface area contributed by atoms with E-state index in [1.165, 1.54) is 22.7 Å². The van der Waals surface area contributed by atoms with Crippen molar-refractivity contribution in [2.45, 2.75) is 12.5 Å². The molecule has 1 aromatic carbocycles. The second kappa shape index (κ2) is 6.32. The first kappa shape index (κ1) is 17.2. The van der Waals surface area contributed by atoms with E-state index in [0.29, 0.717) is 12.1 Å². The lowest BCUT2D eigenvalue weighted by atomic mass is 10.2. The summed E-state index contributed by atoms with van der Waals surface area (Å²) in [6, 6.07) is 9.48. The minimum absolute atomic E-state index is 0.0492. The van der Waals surface area contributed by atoms with E-state index < -0.39 is 27.8 Å². The van der Waals surface area contributed by atoms with Gasteiger partial charge in [-0.2, -0.15) is 5.10 Å². The fourth-order valence-corrected chi connectivity index (χ4v) is 4.61. The maximum Gasteiger partial charge on any atom is 0.356 e. The van der Waals surface area contributed by atoms with Crippen LogP contribution in [0.15, 0.2) is 36.4 Å². The van der Waals surface area contributed by atoms with E-state index in [9.17, 15) is 23.1 Å². The van der Waals surface area contributed by atoms with E-state index in [2.05, 4.69) is 5.10 Å². The third-order valence-corrected chi connectivity index (χ3v) is 5.98. The minimum atomic E-state index is -3.14. The molecule has 25 heavy (non-hydrogen) atoms. The van der Waals surface area contributed by atoms with Gasteiger partial charge in [0.15, 0.2) is 15.5 Å². The Hall–Kier alpha value is -2.68. The van der Waals surface area contributed by atoms with E-state index in [4.69, 9.17) is 0 Å². The van der Waals surface area contributed by atoms with Gasteiger partial charge in [0.1, 0.15) is 5.69 Å². The number of para-hydroxylation sites is 1. The largest absolute Gasteiger partial charge is 0.476 e. The van der Waals surface area contributed by atoms with Gasteiger partial charge in [-0.05, 0) is 18.6 Å². The molecule has 1 fully saturated rings. The maximum atomic E-state index is 12.9. The highest BCUT2D eigenvalue weighted by Gasteiger charge is 2.34. The number of carbonyl (C=O) groups is 2. The number of rotatable bonds is 4. The Morgan fingerprint density at radius 2 is 1.96 bits per heavy atom. The van der Waals surface area contributed by atoms with E-state index in [1.54, 1.807) is 30.3 Å². The van der Waals surface area contributed by atoms with Crippen molar-refractivity contribution >= 4 is 21.7 Å². The summed E-state index contributed by atoms with van der Waals surface area (Å²) in [4.78, 5) is 25.5. The van der Waals surface area contributed by atoms with Gasteiger partial charge in [-0.15, -0.1) is 0 Å². The molecule has 1 aliphatic rings. The predicted molar refractivity (Wildman–Crippen MR) is 89.7 cm³/mol. The topological polar surface area (TPSA) is 110 Å². The molecule has 1 N–H and O–H groups in total. The summed E-state index contributed by atoms with van der Waals surface area (Å²) in [5.74, 6) is -1.74. The Morgan fingerprint density at radius 3 is 2.52 bits per heavy atom. The average Bonchev–Trinajstić information content (AvgIpc) is 3.18. The summed E-state index contributed by atoms with van der Waals surface area (Å²) in [5, 5.41) is 13.2. The fraction of sp³-hybridized carbons (Fsp3) is 0.312. The van der Waals surface area contributed by atoms with Gasteiger partial charge in [0.2, 0.25) is 0 Å². The molecule has 0 aliphatic carbocycles. The van der Waals surface area contributed by atoms with Crippen LogP contribution < -0.4 is 0 Å². The summed E-state index contributed by atoms with van der Waals surface area (Å²) in [7, 11) is -1.61. The van der Waals surface area contributed by atoms with Crippen LogP contribution in [-0.2, 0) is 9.84 Å². The summed E-state index contributed by atoms with van der Waals surface area (Å²) in [6.45, 7) is 0. The second-order valence-electron chi connectivity index (χ2n) is 5.94. The van der Waals surface area contributed by atoms with Crippen LogP contribution in [0.1, 0.15) is 27.4 Å². The molecule has 0 bridgehead atoms. The lowest BCUT2D eigenvalue weighted by molar-refractivity contribution is 0.0689. The van der Waals surface area contributed by atoms with Crippen LogP contribution in [-0.4, -0.2) is 64.7 Å². The van der Waals surface area contributed by atoms with Crippen LogP contribution in [0.5, 0.6) is 0 Å². The number of amides is 1. The number of hydrogen-bond donors (Lipinski definition) is 1. The van der Waals surface area contributed by atoms with Gasteiger partial charge in [-0.25, -0.2) is 17.9 Å². The summed E-state index contributed by atoms with van der Waals surface area (Å²) in [5.41, 5.74) is 0.376. The van der Waals surface area contributed by atoms with E-state index >= 15 is 0 Å². The molecule has 132 valence electrons. The van der Waals surface area contributed by atoms with Gasteiger partial charge in [0.05, 0.1) is 17.2 Å². The zero-order chi connectivity index (χ0) is 18.2. The number of nitrogens with zero attached hydrogens (tertiary/aromatic N) is 3. The first-order chi connectivity index (χ1) is 11.8. The molecule has 0 saturated carbocycles. The lowest BCUT2D eigenvalue weighted by Gasteiger charge is -2.23. The average molecular weight is 363 g/mol. The van der Waals surface area contributed by atoms with Crippen molar-refractivity contribution in [2.75, 3.05) is 18.6 Å². The zero-order valence-corrected chi connectivity index (χ0v) is 14.3. The number of aromatic carboxylic acids is 1. The number of carboxylic acid groups (broad SMARTS) is 1. The molecule has 2 aromatic rings. The van der Waals surface area contributed by atoms with Crippen molar-refractivity contribution in [2.24, 2.45) is 0 Å². The SMILES string of the molecule is CN(C(=O)c1cc(C(=O)O)nn1-c1ccccc1)C1CCS(=O)(=O)C1. The first-order valence-corrected chi connectivity index (χ1v) is 9.47. The zero-order valence-electron chi connectivity index (χ0n) is 13.5. The van der Waals surface area contributed by atoms with E-state index in [-0.39, 0.29) is 22.9 Å². The van der Waals surface area contributed by atoms with Crippen LogP contribution in [0, 0.1) is 0 Å². The van der Waals surface area contributed by atoms with Gasteiger partial charge < -0.3 is 10.0 Å². The Kier molecular flexibility index (Phi) is 4.34. The van der Waals surface area contributed by atoms with E-state index in [0.717, 1.165) is 0 Å². The van der Waals surface area contributed by atoms with Crippen molar-refractivity contribution in [1.29, 1.82) is 0 Å². The van der Waals surface area contributed by atoms with Gasteiger partial charge in [0.25, 0.3) is 5.91 Å². The molecular weight excluding hydrogens is 346 g/mol. The van der Waals surface area contributed by atoms with Crippen LogP contribution in [0.4, 0.5) is 0 Å². The van der Waals surface area contributed by atoms with Crippen molar-refractivity contribution in [1.82, 2.24) is 14.7 Å². The maximum absolute atomic E-state index is 12.9. The summed E-state index contributed by atoms with van der Waals surface area (Å²) in [6.07, 6.45) is 0.371. The van der Waals surface area contributed by atoms with Crippen molar-refractivity contribution < 1.29 is 23.1 Å². The highest BCUT2D eigenvalue weighted by atomic mass is 32.2. The molecule has 1 saturated heterocycles.